The molecule has 0 radical (unpaired) electrons. The fourth-order valence-electron chi connectivity index (χ4n) is 1.70. The highest BCUT2D eigenvalue weighted by molar-refractivity contribution is 5.91. The third kappa shape index (κ3) is 2.45. The number of likely N-dealkylation sites (N-methyl/N-ethyl adjacent to an activating group) is 1. The normalized spacial score (nSPS) is 15.6. The van der Waals surface area contributed by atoms with Gasteiger partial charge in [-0.15, -0.1) is 5.10 Å². The summed E-state index contributed by atoms with van der Waals surface area (Å²) in [6.45, 7) is 4.44. The van der Waals surface area contributed by atoms with E-state index in [1.807, 2.05) is 6.92 Å². The molecule has 1 fully saturated rings. The first-order valence-corrected chi connectivity index (χ1v) is 5.79. The first-order valence-electron chi connectivity index (χ1n) is 5.79. The summed E-state index contributed by atoms with van der Waals surface area (Å²) in [5, 5.41) is 19.8. The van der Waals surface area contributed by atoms with E-state index in [-0.39, 0.29) is 12.5 Å². The van der Waals surface area contributed by atoms with Crippen molar-refractivity contribution in [3.63, 3.8) is 0 Å². The van der Waals surface area contributed by atoms with Gasteiger partial charge in [-0.3, -0.25) is 4.79 Å². The van der Waals surface area contributed by atoms with E-state index in [4.69, 9.17) is 5.11 Å². The smallest absolute Gasteiger partial charge is 0.276 e. The van der Waals surface area contributed by atoms with Crippen LogP contribution in [-0.2, 0) is 0 Å². The second kappa shape index (κ2) is 5.24. The predicted molar refractivity (Wildman–Crippen MR) is 60.6 cm³/mol. The largest absolute Gasteiger partial charge is 0.395 e. The summed E-state index contributed by atoms with van der Waals surface area (Å²) in [6, 6.07) is 0.303. The van der Waals surface area contributed by atoms with E-state index < -0.39 is 0 Å². The Morgan fingerprint density at radius 3 is 3.00 bits per heavy atom. The molecule has 94 valence electrons. The molecule has 1 saturated heterocycles. The van der Waals surface area contributed by atoms with Gasteiger partial charge in [0, 0.05) is 26.2 Å². The minimum Gasteiger partial charge on any atom is -0.395 e. The number of aliphatic hydroxyl groups is 1. The third-order valence-corrected chi connectivity index (χ3v) is 2.90. The molecule has 7 heteroatoms. The standard InChI is InChI=1S/C10H17N5O2/c1-2-14(3-4-16)10(17)9-7-15(13-12-9)8-5-11-6-8/h7-8,11,16H,2-6H2,1H3. The third-order valence-electron chi connectivity index (χ3n) is 2.90. The van der Waals surface area contributed by atoms with Crippen molar-refractivity contribution in [1.82, 2.24) is 25.2 Å². The van der Waals surface area contributed by atoms with Crippen molar-refractivity contribution >= 4 is 5.91 Å². The number of carbonyl (C=O) groups excluding carboxylic acids is 1. The topological polar surface area (TPSA) is 83.3 Å². The predicted octanol–water partition coefficient (Wildman–Crippen LogP) is -1.12. The van der Waals surface area contributed by atoms with Gasteiger partial charge >= 0.3 is 0 Å². The van der Waals surface area contributed by atoms with E-state index in [9.17, 15) is 4.79 Å². The molecule has 0 aromatic carbocycles. The maximum absolute atomic E-state index is 12.0. The summed E-state index contributed by atoms with van der Waals surface area (Å²) in [4.78, 5) is 13.5. The van der Waals surface area contributed by atoms with Crippen molar-refractivity contribution in [2.75, 3.05) is 32.8 Å². The summed E-state index contributed by atoms with van der Waals surface area (Å²) in [5.74, 6) is -0.180. The molecule has 0 unspecified atom stereocenters. The van der Waals surface area contributed by atoms with Crippen molar-refractivity contribution in [1.29, 1.82) is 0 Å². The Balaban J connectivity index is 2.04. The van der Waals surface area contributed by atoms with E-state index in [1.165, 1.54) is 0 Å². The number of amides is 1. The van der Waals surface area contributed by atoms with Gasteiger partial charge in [0.05, 0.1) is 18.8 Å². The van der Waals surface area contributed by atoms with Gasteiger partial charge in [0.15, 0.2) is 5.69 Å². The Kier molecular flexibility index (Phi) is 3.70. The lowest BCUT2D eigenvalue weighted by Gasteiger charge is -2.26. The van der Waals surface area contributed by atoms with Crippen molar-refractivity contribution < 1.29 is 9.90 Å². The summed E-state index contributed by atoms with van der Waals surface area (Å²) >= 11 is 0. The number of aliphatic hydroxyl groups excluding tert-OH is 1. The van der Waals surface area contributed by atoms with Crippen LogP contribution in [0.15, 0.2) is 6.20 Å². The molecule has 7 nitrogen and oxygen atoms in total. The SMILES string of the molecule is CCN(CCO)C(=O)c1cn(C2CNC2)nn1. The zero-order chi connectivity index (χ0) is 12.3. The van der Waals surface area contributed by atoms with Crippen LogP contribution < -0.4 is 5.32 Å². The molecule has 1 aliphatic heterocycles. The lowest BCUT2D eigenvalue weighted by molar-refractivity contribution is 0.0726. The van der Waals surface area contributed by atoms with Gasteiger partial charge in [-0.2, -0.15) is 0 Å². The Bertz CT molecular complexity index is 388. The molecule has 1 aromatic heterocycles. The average molecular weight is 239 g/mol. The number of nitrogens with one attached hydrogen (secondary N) is 1. The number of hydrogen-bond acceptors (Lipinski definition) is 5. The summed E-state index contributed by atoms with van der Waals surface area (Å²) in [6.07, 6.45) is 1.67. The highest BCUT2D eigenvalue weighted by Gasteiger charge is 2.23. The summed E-state index contributed by atoms with van der Waals surface area (Å²) in [7, 11) is 0. The lowest BCUT2D eigenvalue weighted by Crippen LogP contribution is -2.43. The highest BCUT2D eigenvalue weighted by Crippen LogP contribution is 2.10. The number of rotatable bonds is 5. The fourth-order valence-corrected chi connectivity index (χ4v) is 1.70. The number of nitrogens with zero attached hydrogens (tertiary/aromatic N) is 4. The van der Waals surface area contributed by atoms with Crippen molar-refractivity contribution in [3.8, 4) is 0 Å². The number of aromatic nitrogens is 3. The number of carbonyl (C=O) groups is 1. The van der Waals surface area contributed by atoms with E-state index in [2.05, 4.69) is 15.6 Å². The first kappa shape index (κ1) is 12.0. The van der Waals surface area contributed by atoms with E-state index >= 15 is 0 Å². The second-order valence-corrected chi connectivity index (χ2v) is 4.00. The molecule has 0 atom stereocenters. The Hall–Kier alpha value is -1.47. The van der Waals surface area contributed by atoms with Crippen LogP contribution in [0.25, 0.3) is 0 Å². The van der Waals surface area contributed by atoms with Crippen LogP contribution in [0.3, 0.4) is 0 Å². The molecule has 2 rings (SSSR count). The molecule has 0 bridgehead atoms. The van der Waals surface area contributed by atoms with Gasteiger partial charge in [-0.05, 0) is 6.92 Å². The van der Waals surface area contributed by atoms with Gasteiger partial charge in [-0.1, -0.05) is 5.21 Å². The molecular formula is C10H17N5O2. The molecule has 1 aromatic rings. The van der Waals surface area contributed by atoms with Crippen LogP contribution in [-0.4, -0.2) is 63.7 Å². The first-order chi connectivity index (χ1) is 8.26. The average Bonchev–Trinajstić information content (AvgIpc) is 2.71. The molecule has 1 aliphatic rings. The minimum atomic E-state index is -0.180. The van der Waals surface area contributed by atoms with Gasteiger partial charge < -0.3 is 15.3 Å². The van der Waals surface area contributed by atoms with E-state index in [0.29, 0.717) is 24.8 Å². The van der Waals surface area contributed by atoms with Crippen molar-refractivity contribution in [3.05, 3.63) is 11.9 Å². The maximum Gasteiger partial charge on any atom is 0.276 e. The highest BCUT2D eigenvalue weighted by atomic mass is 16.3. The zero-order valence-electron chi connectivity index (χ0n) is 9.83. The zero-order valence-corrected chi connectivity index (χ0v) is 9.83. The summed E-state index contributed by atoms with van der Waals surface area (Å²) in [5.41, 5.74) is 0.340. The second-order valence-electron chi connectivity index (χ2n) is 4.00. The monoisotopic (exact) mass is 239 g/mol. The molecule has 1 amide bonds. The van der Waals surface area contributed by atoms with E-state index in [1.54, 1.807) is 15.8 Å². The minimum absolute atomic E-state index is 0.0414. The fraction of sp³-hybridized carbons (Fsp3) is 0.700. The van der Waals surface area contributed by atoms with Gasteiger partial charge in [0.25, 0.3) is 5.91 Å². The molecule has 0 aliphatic carbocycles. The molecule has 0 spiro atoms. The molecular weight excluding hydrogens is 222 g/mol. The van der Waals surface area contributed by atoms with Gasteiger partial charge in [0.2, 0.25) is 0 Å². The molecule has 2 N–H and O–H groups in total. The van der Waals surface area contributed by atoms with Gasteiger partial charge in [0.1, 0.15) is 0 Å². The Morgan fingerprint density at radius 2 is 2.47 bits per heavy atom. The van der Waals surface area contributed by atoms with Crippen molar-refractivity contribution in [2.45, 2.75) is 13.0 Å². The van der Waals surface area contributed by atoms with Crippen LogP contribution in [0, 0.1) is 0 Å². The van der Waals surface area contributed by atoms with Crippen LogP contribution >= 0.6 is 0 Å². The molecule has 17 heavy (non-hydrogen) atoms. The molecule has 0 saturated carbocycles. The van der Waals surface area contributed by atoms with Gasteiger partial charge in [-0.25, -0.2) is 4.68 Å². The van der Waals surface area contributed by atoms with Crippen LogP contribution in [0.1, 0.15) is 23.5 Å². The quantitative estimate of drug-likeness (QED) is 0.680. The van der Waals surface area contributed by atoms with E-state index in [0.717, 1.165) is 13.1 Å². The molecule has 2 heterocycles. The van der Waals surface area contributed by atoms with Crippen molar-refractivity contribution in [2.24, 2.45) is 0 Å². The maximum atomic E-state index is 12.0. The number of hydrogen-bond donors (Lipinski definition) is 2. The Labute approximate surface area is 99.4 Å². The van der Waals surface area contributed by atoms with Crippen LogP contribution in [0.2, 0.25) is 0 Å². The summed E-state index contributed by atoms with van der Waals surface area (Å²) < 4.78 is 1.72. The van der Waals surface area contributed by atoms with Crippen LogP contribution in [0.4, 0.5) is 0 Å². The van der Waals surface area contributed by atoms with Crippen LogP contribution in [0.5, 0.6) is 0 Å². The Morgan fingerprint density at radius 1 is 1.71 bits per heavy atom. The lowest BCUT2D eigenvalue weighted by atomic mass is 10.2.